The first-order chi connectivity index (χ1) is 18.5. The van der Waals surface area contributed by atoms with Crippen molar-refractivity contribution in [2.24, 2.45) is 0 Å². The second-order valence-electron chi connectivity index (χ2n) is 10.1. The van der Waals surface area contributed by atoms with Crippen LogP contribution in [0.15, 0.2) is 65.7 Å². The molecule has 7 nitrogen and oxygen atoms in total. The third kappa shape index (κ3) is 4.02. The van der Waals surface area contributed by atoms with Crippen LogP contribution in [0.3, 0.4) is 0 Å². The normalized spacial score (nSPS) is 16.2. The van der Waals surface area contributed by atoms with E-state index in [2.05, 4.69) is 14.3 Å². The predicted octanol–water partition coefficient (Wildman–Crippen LogP) is 6.39. The second kappa shape index (κ2) is 9.01. The standard InChI is InChI=1S/C29H25F2N5O2/c30-29(31)38-21-10-8-20(9-11-21)36-27-24(14-13-22(34-27)17-5-6-17)33-26(28(36)37)18-7-12-23-25(15-18)35(16-32-23)19-3-1-2-4-19/h7-17,19,29H,1-6H2. The molecule has 0 unspecified atom stereocenters. The lowest BCUT2D eigenvalue weighted by molar-refractivity contribution is -0.0498. The van der Waals surface area contributed by atoms with Crippen molar-refractivity contribution in [3.8, 4) is 22.7 Å². The Labute approximate surface area is 216 Å². The molecule has 3 aromatic heterocycles. The molecule has 0 N–H and O–H groups in total. The van der Waals surface area contributed by atoms with E-state index in [1.165, 1.54) is 29.5 Å². The van der Waals surface area contributed by atoms with Crippen LogP contribution in [0, 0.1) is 0 Å². The van der Waals surface area contributed by atoms with E-state index in [1.807, 2.05) is 36.7 Å². The van der Waals surface area contributed by atoms with Gasteiger partial charge in [0.2, 0.25) is 0 Å². The van der Waals surface area contributed by atoms with E-state index in [1.54, 1.807) is 12.1 Å². The zero-order chi connectivity index (χ0) is 25.8. The van der Waals surface area contributed by atoms with Crippen LogP contribution < -0.4 is 10.3 Å². The van der Waals surface area contributed by atoms with Crippen LogP contribution in [0.25, 0.3) is 39.1 Å². The first-order valence-electron chi connectivity index (χ1n) is 13.0. The number of halogens is 2. The highest BCUT2D eigenvalue weighted by atomic mass is 19.3. The quantitative estimate of drug-likeness (QED) is 0.263. The van der Waals surface area contributed by atoms with Gasteiger partial charge in [-0.1, -0.05) is 18.9 Å². The number of ether oxygens (including phenoxy) is 1. The topological polar surface area (TPSA) is 74.8 Å². The van der Waals surface area contributed by atoms with Crippen LogP contribution in [0.2, 0.25) is 0 Å². The van der Waals surface area contributed by atoms with Gasteiger partial charge in [-0.3, -0.25) is 9.36 Å². The monoisotopic (exact) mass is 513 g/mol. The molecule has 0 bridgehead atoms. The van der Waals surface area contributed by atoms with Crippen molar-refractivity contribution in [3.05, 3.63) is 77.0 Å². The smallest absolute Gasteiger partial charge is 0.387 e. The lowest BCUT2D eigenvalue weighted by Crippen LogP contribution is -2.23. The Morgan fingerprint density at radius 3 is 2.39 bits per heavy atom. The minimum absolute atomic E-state index is 0.0210. The third-order valence-corrected chi connectivity index (χ3v) is 7.61. The maximum Gasteiger partial charge on any atom is 0.387 e. The Morgan fingerprint density at radius 1 is 0.895 bits per heavy atom. The zero-order valence-corrected chi connectivity index (χ0v) is 20.6. The molecule has 2 saturated carbocycles. The molecule has 0 atom stereocenters. The highest BCUT2D eigenvalue weighted by Crippen LogP contribution is 2.39. The van der Waals surface area contributed by atoms with Crippen LogP contribution in [-0.4, -0.2) is 30.7 Å². The summed E-state index contributed by atoms with van der Waals surface area (Å²) in [5, 5.41) is 0. The van der Waals surface area contributed by atoms with Crippen molar-refractivity contribution in [2.75, 3.05) is 0 Å². The summed E-state index contributed by atoms with van der Waals surface area (Å²) in [4.78, 5) is 28.2. The number of aromatic nitrogens is 5. The molecular weight excluding hydrogens is 488 g/mol. The Balaban J connectivity index is 1.41. The number of hydrogen-bond donors (Lipinski definition) is 0. The van der Waals surface area contributed by atoms with Gasteiger partial charge in [-0.05, 0) is 74.2 Å². The molecule has 0 amide bonds. The van der Waals surface area contributed by atoms with Crippen LogP contribution in [0.1, 0.15) is 56.2 Å². The first kappa shape index (κ1) is 23.0. The summed E-state index contributed by atoms with van der Waals surface area (Å²) >= 11 is 0. The second-order valence-corrected chi connectivity index (χ2v) is 10.1. The van der Waals surface area contributed by atoms with Gasteiger partial charge in [0.15, 0.2) is 5.65 Å². The van der Waals surface area contributed by atoms with Gasteiger partial charge in [0, 0.05) is 23.2 Å². The number of imidazole rings is 1. The van der Waals surface area contributed by atoms with Gasteiger partial charge in [0.1, 0.15) is 17.0 Å². The van der Waals surface area contributed by atoms with Crippen molar-refractivity contribution in [1.82, 2.24) is 24.1 Å². The summed E-state index contributed by atoms with van der Waals surface area (Å²) < 4.78 is 33.6. The van der Waals surface area contributed by atoms with Gasteiger partial charge in [0.25, 0.3) is 5.56 Å². The van der Waals surface area contributed by atoms with E-state index in [-0.39, 0.29) is 11.3 Å². The Morgan fingerprint density at radius 2 is 1.66 bits per heavy atom. The average molecular weight is 514 g/mol. The molecule has 0 saturated heterocycles. The van der Waals surface area contributed by atoms with E-state index < -0.39 is 6.61 Å². The van der Waals surface area contributed by atoms with Crippen LogP contribution in [0.5, 0.6) is 5.75 Å². The summed E-state index contributed by atoms with van der Waals surface area (Å²) in [5.41, 5.74) is 5.00. The van der Waals surface area contributed by atoms with Gasteiger partial charge >= 0.3 is 6.61 Å². The molecule has 0 aliphatic heterocycles. The SMILES string of the molecule is O=c1c(-c2ccc3ncn(C4CCCC4)c3c2)nc2ccc(C3CC3)nc2n1-c1ccc(OC(F)F)cc1. The molecule has 3 heterocycles. The van der Waals surface area contributed by atoms with Crippen molar-refractivity contribution >= 4 is 22.2 Å². The molecule has 0 spiro atoms. The number of pyridine rings is 1. The van der Waals surface area contributed by atoms with Crippen molar-refractivity contribution in [3.63, 3.8) is 0 Å². The molecule has 2 fully saturated rings. The Hall–Kier alpha value is -4.14. The molecule has 0 radical (unpaired) electrons. The molecule has 2 aromatic carbocycles. The third-order valence-electron chi connectivity index (χ3n) is 7.61. The van der Waals surface area contributed by atoms with Crippen LogP contribution in [0.4, 0.5) is 8.78 Å². The lowest BCUT2D eigenvalue weighted by Gasteiger charge is -2.15. The maximum atomic E-state index is 14.0. The van der Waals surface area contributed by atoms with E-state index in [4.69, 9.17) is 9.97 Å². The van der Waals surface area contributed by atoms with Gasteiger partial charge in [0.05, 0.1) is 23.0 Å². The van der Waals surface area contributed by atoms with Crippen molar-refractivity contribution < 1.29 is 13.5 Å². The summed E-state index contributed by atoms with van der Waals surface area (Å²) in [6.45, 7) is -2.92. The average Bonchev–Trinajstić information content (AvgIpc) is 3.46. The van der Waals surface area contributed by atoms with Crippen LogP contribution in [-0.2, 0) is 0 Å². The number of benzene rings is 2. The Bertz CT molecular complexity index is 1720. The summed E-state index contributed by atoms with van der Waals surface area (Å²) in [6, 6.07) is 16.1. The number of nitrogens with zero attached hydrogens (tertiary/aromatic N) is 5. The minimum Gasteiger partial charge on any atom is -0.435 e. The van der Waals surface area contributed by atoms with Gasteiger partial charge < -0.3 is 9.30 Å². The largest absolute Gasteiger partial charge is 0.435 e. The molecule has 2 aliphatic rings. The van der Waals surface area contributed by atoms with Gasteiger partial charge in [-0.2, -0.15) is 8.78 Å². The Kier molecular flexibility index (Phi) is 5.45. The number of alkyl halides is 2. The summed E-state index contributed by atoms with van der Waals surface area (Å²) in [6.07, 6.45) is 8.69. The minimum atomic E-state index is -2.92. The summed E-state index contributed by atoms with van der Waals surface area (Å²) in [5.74, 6) is 0.412. The maximum absolute atomic E-state index is 14.0. The lowest BCUT2D eigenvalue weighted by atomic mass is 10.1. The fourth-order valence-corrected chi connectivity index (χ4v) is 5.54. The van der Waals surface area contributed by atoms with Gasteiger partial charge in [-0.25, -0.2) is 15.0 Å². The predicted molar refractivity (Wildman–Crippen MR) is 140 cm³/mol. The molecule has 2 aliphatic carbocycles. The number of fused-ring (bicyclic) bond motifs is 2. The molecule has 7 rings (SSSR count). The molecule has 9 heteroatoms. The van der Waals surface area contributed by atoms with E-state index >= 15 is 0 Å². The zero-order valence-electron chi connectivity index (χ0n) is 20.6. The molecule has 5 aromatic rings. The molecule has 192 valence electrons. The van der Waals surface area contributed by atoms with Crippen molar-refractivity contribution in [2.45, 2.75) is 57.1 Å². The molecular formula is C29H25F2N5O2. The van der Waals surface area contributed by atoms with E-state index in [0.717, 1.165) is 42.4 Å². The van der Waals surface area contributed by atoms with Crippen molar-refractivity contribution in [1.29, 1.82) is 0 Å². The van der Waals surface area contributed by atoms with Crippen LogP contribution >= 0.6 is 0 Å². The highest BCUT2D eigenvalue weighted by Gasteiger charge is 2.26. The highest BCUT2D eigenvalue weighted by molar-refractivity contribution is 5.83. The van der Waals surface area contributed by atoms with E-state index in [9.17, 15) is 13.6 Å². The molecule has 38 heavy (non-hydrogen) atoms. The van der Waals surface area contributed by atoms with Gasteiger partial charge in [-0.15, -0.1) is 0 Å². The number of hydrogen-bond acceptors (Lipinski definition) is 5. The fourth-order valence-electron chi connectivity index (χ4n) is 5.54. The first-order valence-corrected chi connectivity index (χ1v) is 13.0. The fraction of sp³-hybridized carbons (Fsp3) is 0.310. The summed E-state index contributed by atoms with van der Waals surface area (Å²) in [7, 11) is 0. The van der Waals surface area contributed by atoms with E-state index in [0.29, 0.717) is 40.1 Å². The number of rotatable bonds is 6.